The summed E-state index contributed by atoms with van der Waals surface area (Å²) in [6, 6.07) is 13.4. The fraction of sp³-hybridized carbons (Fsp3) is 0.364. The highest BCUT2D eigenvalue weighted by Crippen LogP contribution is 2.20. The van der Waals surface area contributed by atoms with Crippen molar-refractivity contribution in [2.75, 3.05) is 6.54 Å². The van der Waals surface area contributed by atoms with E-state index in [0.717, 1.165) is 16.8 Å². The van der Waals surface area contributed by atoms with E-state index in [-0.39, 0.29) is 23.5 Å². The lowest BCUT2D eigenvalue weighted by Crippen LogP contribution is -2.50. The molecule has 0 bridgehead atoms. The molecule has 1 atom stereocenters. The van der Waals surface area contributed by atoms with Gasteiger partial charge in [-0.1, -0.05) is 41.0 Å². The Morgan fingerprint density at radius 1 is 1.21 bits per heavy atom. The molecule has 29 heavy (non-hydrogen) atoms. The Labute approximate surface area is 175 Å². The standard InChI is InChI=1S/C22H25ClFN3O2/c1-22(2,3)25-21(28)27(13-15-4-10-18(24)11-5-15)14-19-12-20(26-29-19)16-6-8-17(23)9-7-16/h4-11,19H,12-14H2,1-3H3,(H,25,28)/t19-/m1/s1. The van der Waals surface area contributed by atoms with Gasteiger partial charge >= 0.3 is 6.03 Å². The van der Waals surface area contributed by atoms with Crippen molar-refractivity contribution in [3.8, 4) is 0 Å². The van der Waals surface area contributed by atoms with Crippen LogP contribution >= 0.6 is 11.6 Å². The van der Waals surface area contributed by atoms with Crippen LogP contribution in [0.1, 0.15) is 38.3 Å². The number of amides is 2. The summed E-state index contributed by atoms with van der Waals surface area (Å²) in [5.74, 6) is -0.306. The Bertz CT molecular complexity index is 876. The topological polar surface area (TPSA) is 53.9 Å². The van der Waals surface area contributed by atoms with Gasteiger partial charge in [-0.05, 0) is 56.2 Å². The maximum Gasteiger partial charge on any atom is 0.318 e. The molecule has 0 saturated carbocycles. The zero-order valence-electron chi connectivity index (χ0n) is 16.8. The summed E-state index contributed by atoms with van der Waals surface area (Å²) < 4.78 is 13.2. The van der Waals surface area contributed by atoms with Crippen LogP contribution in [0.15, 0.2) is 53.7 Å². The highest BCUT2D eigenvalue weighted by Gasteiger charge is 2.28. The third-order valence-corrected chi connectivity index (χ3v) is 4.64. The normalized spacial score (nSPS) is 16.2. The van der Waals surface area contributed by atoms with Crippen molar-refractivity contribution < 1.29 is 14.0 Å². The Morgan fingerprint density at radius 3 is 2.48 bits per heavy atom. The number of oxime groups is 1. The molecule has 0 aliphatic carbocycles. The van der Waals surface area contributed by atoms with Crippen molar-refractivity contribution in [2.45, 2.75) is 45.4 Å². The van der Waals surface area contributed by atoms with E-state index < -0.39 is 0 Å². The number of halogens is 2. The molecule has 7 heteroatoms. The van der Waals surface area contributed by atoms with Gasteiger partial charge in [0.15, 0.2) is 6.10 Å². The van der Waals surface area contributed by atoms with Crippen LogP contribution in [0.2, 0.25) is 5.02 Å². The predicted octanol–water partition coefficient (Wildman–Crippen LogP) is 4.98. The SMILES string of the molecule is CC(C)(C)NC(=O)N(Cc1ccc(F)cc1)C[C@H]1CC(c2ccc(Cl)cc2)=NO1. The number of hydrogen-bond acceptors (Lipinski definition) is 3. The molecule has 1 heterocycles. The Balaban J connectivity index is 1.68. The zero-order valence-corrected chi connectivity index (χ0v) is 17.5. The number of carbonyl (C=O) groups is 1. The van der Waals surface area contributed by atoms with Gasteiger partial charge in [-0.25, -0.2) is 9.18 Å². The summed E-state index contributed by atoms with van der Waals surface area (Å²) in [7, 11) is 0. The van der Waals surface area contributed by atoms with Crippen molar-refractivity contribution in [3.05, 3.63) is 70.5 Å². The molecule has 0 saturated heterocycles. The first kappa shape index (κ1) is 21.1. The van der Waals surface area contributed by atoms with E-state index in [1.165, 1.54) is 12.1 Å². The second-order valence-corrected chi connectivity index (χ2v) is 8.60. The van der Waals surface area contributed by atoms with Crippen LogP contribution in [-0.2, 0) is 11.4 Å². The van der Waals surface area contributed by atoms with Gasteiger partial charge in [-0.15, -0.1) is 0 Å². The van der Waals surface area contributed by atoms with Crippen LogP contribution < -0.4 is 5.32 Å². The largest absolute Gasteiger partial charge is 0.390 e. The smallest absolute Gasteiger partial charge is 0.318 e. The summed E-state index contributed by atoms with van der Waals surface area (Å²) >= 11 is 5.94. The van der Waals surface area contributed by atoms with Gasteiger partial charge in [0, 0.05) is 23.5 Å². The number of rotatable bonds is 5. The van der Waals surface area contributed by atoms with Gasteiger partial charge in [0.1, 0.15) is 5.82 Å². The van der Waals surface area contributed by atoms with E-state index in [9.17, 15) is 9.18 Å². The van der Waals surface area contributed by atoms with Crippen LogP contribution in [0.5, 0.6) is 0 Å². The summed E-state index contributed by atoms with van der Waals surface area (Å²) in [4.78, 5) is 20.1. The molecular weight excluding hydrogens is 393 g/mol. The van der Waals surface area contributed by atoms with Crippen molar-refractivity contribution in [3.63, 3.8) is 0 Å². The highest BCUT2D eigenvalue weighted by molar-refractivity contribution is 6.30. The fourth-order valence-electron chi connectivity index (χ4n) is 3.01. The molecule has 0 radical (unpaired) electrons. The Morgan fingerprint density at radius 2 is 1.86 bits per heavy atom. The van der Waals surface area contributed by atoms with Crippen LogP contribution in [0.3, 0.4) is 0 Å². The monoisotopic (exact) mass is 417 g/mol. The van der Waals surface area contributed by atoms with Gasteiger partial charge in [0.05, 0.1) is 12.3 Å². The van der Waals surface area contributed by atoms with Gasteiger partial charge in [0.2, 0.25) is 0 Å². The van der Waals surface area contributed by atoms with Crippen LogP contribution in [0.4, 0.5) is 9.18 Å². The maximum absolute atomic E-state index is 13.2. The van der Waals surface area contributed by atoms with Crippen LogP contribution in [-0.4, -0.2) is 34.8 Å². The number of hydrogen-bond donors (Lipinski definition) is 1. The van der Waals surface area contributed by atoms with Crippen molar-refractivity contribution in [1.82, 2.24) is 10.2 Å². The van der Waals surface area contributed by atoms with E-state index in [2.05, 4.69) is 10.5 Å². The van der Waals surface area contributed by atoms with E-state index >= 15 is 0 Å². The molecule has 2 aromatic rings. The van der Waals surface area contributed by atoms with Crippen LogP contribution in [0, 0.1) is 5.82 Å². The first-order chi connectivity index (χ1) is 13.7. The molecule has 0 fully saturated rings. The third kappa shape index (κ3) is 6.19. The number of nitrogens with one attached hydrogen (secondary N) is 1. The van der Waals surface area contributed by atoms with Gasteiger partial charge in [0.25, 0.3) is 0 Å². The predicted molar refractivity (Wildman–Crippen MR) is 113 cm³/mol. The van der Waals surface area contributed by atoms with E-state index in [1.807, 2.05) is 45.0 Å². The molecule has 3 rings (SSSR count). The average Bonchev–Trinajstić information content (AvgIpc) is 3.11. The summed E-state index contributed by atoms with van der Waals surface area (Å²) in [5.41, 5.74) is 2.23. The molecular formula is C22H25ClFN3O2. The van der Waals surface area contributed by atoms with E-state index in [0.29, 0.717) is 24.5 Å². The molecule has 2 aromatic carbocycles. The number of benzene rings is 2. The lowest BCUT2D eigenvalue weighted by Gasteiger charge is -2.29. The Hall–Kier alpha value is -2.60. The first-order valence-electron chi connectivity index (χ1n) is 9.50. The minimum Gasteiger partial charge on any atom is -0.390 e. The summed E-state index contributed by atoms with van der Waals surface area (Å²) in [5, 5.41) is 7.83. The van der Waals surface area contributed by atoms with Gasteiger partial charge in [-0.3, -0.25) is 0 Å². The second kappa shape index (κ2) is 8.82. The molecule has 5 nitrogen and oxygen atoms in total. The summed E-state index contributed by atoms with van der Waals surface area (Å²) in [6.07, 6.45) is 0.330. The summed E-state index contributed by atoms with van der Waals surface area (Å²) in [6.45, 7) is 6.48. The lowest BCUT2D eigenvalue weighted by molar-refractivity contribution is 0.0580. The fourth-order valence-corrected chi connectivity index (χ4v) is 3.14. The van der Waals surface area contributed by atoms with Crippen molar-refractivity contribution in [1.29, 1.82) is 0 Å². The Kier molecular flexibility index (Phi) is 6.42. The molecule has 0 spiro atoms. The average molecular weight is 418 g/mol. The molecule has 0 unspecified atom stereocenters. The molecule has 154 valence electrons. The molecule has 1 N–H and O–H groups in total. The number of nitrogens with zero attached hydrogens (tertiary/aromatic N) is 2. The zero-order chi connectivity index (χ0) is 21.0. The van der Waals surface area contributed by atoms with Gasteiger partial charge in [-0.2, -0.15) is 0 Å². The quantitative estimate of drug-likeness (QED) is 0.745. The minimum atomic E-state index is -0.375. The molecule has 2 amide bonds. The van der Waals surface area contributed by atoms with Crippen LogP contribution in [0.25, 0.3) is 0 Å². The maximum atomic E-state index is 13.2. The van der Waals surface area contributed by atoms with Crippen molar-refractivity contribution in [2.24, 2.45) is 5.16 Å². The lowest BCUT2D eigenvalue weighted by atomic mass is 10.0. The molecule has 1 aliphatic rings. The third-order valence-electron chi connectivity index (χ3n) is 4.39. The molecule has 0 aromatic heterocycles. The minimum absolute atomic E-state index is 0.203. The van der Waals surface area contributed by atoms with E-state index in [4.69, 9.17) is 16.4 Å². The second-order valence-electron chi connectivity index (χ2n) is 8.16. The van der Waals surface area contributed by atoms with Gasteiger partial charge < -0.3 is 15.1 Å². The first-order valence-corrected chi connectivity index (χ1v) is 9.87. The van der Waals surface area contributed by atoms with Crippen molar-refractivity contribution >= 4 is 23.3 Å². The number of urea groups is 1. The molecule has 1 aliphatic heterocycles. The van der Waals surface area contributed by atoms with E-state index in [1.54, 1.807) is 17.0 Å². The highest BCUT2D eigenvalue weighted by atomic mass is 35.5. The number of carbonyl (C=O) groups excluding carboxylic acids is 1.